The van der Waals surface area contributed by atoms with Crippen molar-refractivity contribution in [3.63, 3.8) is 0 Å². The second-order valence-corrected chi connectivity index (χ2v) is 9.04. The highest BCUT2D eigenvalue weighted by molar-refractivity contribution is 5.89. The molecule has 0 aliphatic carbocycles. The Balaban J connectivity index is 1.36. The first-order valence-corrected chi connectivity index (χ1v) is 11.3. The lowest BCUT2D eigenvalue weighted by molar-refractivity contribution is 0.375. The van der Waals surface area contributed by atoms with Crippen molar-refractivity contribution >= 4 is 22.5 Å². The Bertz CT molecular complexity index is 1080. The van der Waals surface area contributed by atoms with Crippen LogP contribution in [0.25, 0.3) is 11.0 Å². The highest BCUT2D eigenvalue weighted by Gasteiger charge is 2.31. The molecule has 2 atom stereocenters. The molecule has 0 spiro atoms. The van der Waals surface area contributed by atoms with Crippen molar-refractivity contribution in [3.8, 4) is 0 Å². The van der Waals surface area contributed by atoms with Gasteiger partial charge in [0, 0.05) is 57.9 Å². The number of aryl methyl sites for hydroxylation is 3. The van der Waals surface area contributed by atoms with Gasteiger partial charge in [0.05, 0.1) is 34.9 Å². The van der Waals surface area contributed by atoms with E-state index >= 15 is 0 Å². The Hall–Kier alpha value is -2.74. The first-order valence-electron chi connectivity index (χ1n) is 11.3. The molecule has 3 aromatic rings. The van der Waals surface area contributed by atoms with Crippen LogP contribution in [0.1, 0.15) is 36.3 Å². The number of aromatic nitrogens is 5. The Labute approximate surface area is 183 Å². The molecule has 1 N–H and O–H groups in total. The van der Waals surface area contributed by atoms with E-state index in [0.29, 0.717) is 11.8 Å². The van der Waals surface area contributed by atoms with Gasteiger partial charge in [0.25, 0.3) is 0 Å². The molecule has 2 fully saturated rings. The summed E-state index contributed by atoms with van der Waals surface area (Å²) in [5, 5.41) is 8.97. The average molecular weight is 421 g/mol. The molecule has 0 aromatic carbocycles. The smallest absolute Gasteiger partial charge is 0.159 e. The lowest BCUT2D eigenvalue weighted by atomic mass is 9.83. The molecule has 164 valence electrons. The van der Waals surface area contributed by atoms with Crippen LogP contribution in [0, 0.1) is 19.8 Å². The maximum Gasteiger partial charge on any atom is 0.159 e. The summed E-state index contributed by atoms with van der Waals surface area (Å²) in [5.41, 5.74) is 5.48. The molecule has 2 unspecified atom stereocenters. The van der Waals surface area contributed by atoms with Gasteiger partial charge in [0.1, 0.15) is 5.82 Å². The molecule has 5 heterocycles. The quantitative estimate of drug-likeness (QED) is 0.697. The van der Waals surface area contributed by atoms with Crippen molar-refractivity contribution in [2.24, 2.45) is 13.0 Å². The fourth-order valence-corrected chi connectivity index (χ4v) is 5.14. The number of nitrogens with zero attached hydrogens (tertiary/aromatic N) is 7. The van der Waals surface area contributed by atoms with E-state index in [9.17, 15) is 0 Å². The Morgan fingerprint density at radius 1 is 1.03 bits per heavy atom. The van der Waals surface area contributed by atoms with Crippen LogP contribution in [0.5, 0.6) is 0 Å². The van der Waals surface area contributed by atoms with Crippen LogP contribution in [0.2, 0.25) is 0 Å². The summed E-state index contributed by atoms with van der Waals surface area (Å²) in [7, 11) is 1.96. The third kappa shape index (κ3) is 3.73. The molecule has 5 rings (SSSR count). The molecule has 2 aliphatic rings. The highest BCUT2D eigenvalue weighted by atomic mass is 15.3. The van der Waals surface area contributed by atoms with Gasteiger partial charge in [-0.2, -0.15) is 5.10 Å². The minimum absolute atomic E-state index is 0.438. The van der Waals surface area contributed by atoms with E-state index in [4.69, 9.17) is 9.97 Å². The molecule has 0 saturated carbocycles. The summed E-state index contributed by atoms with van der Waals surface area (Å²) in [6.07, 6.45) is 5.00. The SMILES string of the molecule is Cc1cc(N2CCC(c3ncc(N4CCNCC4)nc3C)C(C)C2)c2cnn(C)c2n1. The minimum Gasteiger partial charge on any atom is -0.371 e. The van der Waals surface area contributed by atoms with E-state index in [2.05, 4.69) is 52.0 Å². The first-order chi connectivity index (χ1) is 15.0. The van der Waals surface area contributed by atoms with Gasteiger partial charge in [0.2, 0.25) is 0 Å². The van der Waals surface area contributed by atoms with E-state index in [-0.39, 0.29) is 0 Å². The number of rotatable bonds is 3. The number of hydrogen-bond acceptors (Lipinski definition) is 7. The predicted molar refractivity (Wildman–Crippen MR) is 124 cm³/mol. The fourth-order valence-electron chi connectivity index (χ4n) is 5.14. The van der Waals surface area contributed by atoms with Gasteiger partial charge in [-0.1, -0.05) is 6.92 Å². The van der Waals surface area contributed by atoms with Gasteiger partial charge in [-0.05, 0) is 32.3 Å². The standard InChI is InChI=1S/C23H32N8/c1-15-14-31(20-11-16(2)27-23-19(20)12-26-29(23)4)8-5-18(15)22-17(3)28-21(13-25-22)30-9-6-24-7-10-30/h11-13,15,18,24H,5-10,14H2,1-4H3. The zero-order valence-corrected chi connectivity index (χ0v) is 19.0. The second kappa shape index (κ2) is 8.07. The normalized spacial score (nSPS) is 22.3. The van der Waals surface area contributed by atoms with Crippen LogP contribution in [0.3, 0.4) is 0 Å². The van der Waals surface area contributed by atoms with Crippen LogP contribution in [0.15, 0.2) is 18.5 Å². The van der Waals surface area contributed by atoms with Crippen molar-refractivity contribution in [1.29, 1.82) is 0 Å². The van der Waals surface area contributed by atoms with Crippen molar-refractivity contribution in [3.05, 3.63) is 35.5 Å². The minimum atomic E-state index is 0.438. The molecule has 3 aromatic heterocycles. The summed E-state index contributed by atoms with van der Waals surface area (Å²) in [6, 6.07) is 2.20. The van der Waals surface area contributed by atoms with Crippen LogP contribution in [-0.4, -0.2) is 64.0 Å². The van der Waals surface area contributed by atoms with E-state index < -0.39 is 0 Å². The van der Waals surface area contributed by atoms with Crippen LogP contribution >= 0.6 is 0 Å². The van der Waals surface area contributed by atoms with E-state index in [0.717, 1.165) is 73.9 Å². The van der Waals surface area contributed by atoms with Crippen molar-refractivity contribution in [2.45, 2.75) is 33.1 Å². The van der Waals surface area contributed by atoms with Crippen LogP contribution in [0.4, 0.5) is 11.5 Å². The Morgan fingerprint density at radius 3 is 2.58 bits per heavy atom. The predicted octanol–water partition coefficient (Wildman–Crippen LogP) is 2.41. The maximum absolute atomic E-state index is 4.94. The summed E-state index contributed by atoms with van der Waals surface area (Å²) >= 11 is 0. The third-order valence-corrected chi connectivity index (χ3v) is 6.82. The topological polar surface area (TPSA) is 75.0 Å². The van der Waals surface area contributed by atoms with E-state index in [1.165, 1.54) is 11.4 Å². The zero-order valence-electron chi connectivity index (χ0n) is 19.0. The lowest BCUT2D eigenvalue weighted by Gasteiger charge is -2.38. The molecule has 2 saturated heterocycles. The number of piperidine rings is 1. The van der Waals surface area contributed by atoms with Gasteiger partial charge < -0.3 is 15.1 Å². The number of fused-ring (bicyclic) bond motifs is 1. The van der Waals surface area contributed by atoms with Gasteiger partial charge in [-0.25, -0.2) is 9.97 Å². The molecule has 2 aliphatic heterocycles. The molecule has 0 radical (unpaired) electrons. The van der Waals surface area contributed by atoms with Gasteiger partial charge in [0.15, 0.2) is 5.65 Å². The largest absolute Gasteiger partial charge is 0.371 e. The molecular formula is C23H32N8. The number of pyridine rings is 1. The molecular weight excluding hydrogens is 388 g/mol. The summed E-state index contributed by atoms with van der Waals surface area (Å²) < 4.78 is 1.86. The number of piperazine rings is 1. The number of nitrogens with one attached hydrogen (secondary N) is 1. The van der Waals surface area contributed by atoms with Crippen molar-refractivity contribution < 1.29 is 0 Å². The molecule has 31 heavy (non-hydrogen) atoms. The number of hydrogen-bond donors (Lipinski definition) is 1. The summed E-state index contributed by atoms with van der Waals surface area (Å²) in [4.78, 5) is 19.4. The average Bonchev–Trinajstić information content (AvgIpc) is 3.14. The molecule has 8 heteroatoms. The van der Waals surface area contributed by atoms with E-state index in [1.54, 1.807) is 0 Å². The number of anilines is 2. The fraction of sp³-hybridized carbons (Fsp3) is 0.565. The Kier molecular flexibility index (Phi) is 5.25. The molecule has 8 nitrogen and oxygen atoms in total. The molecule has 0 bridgehead atoms. The van der Waals surface area contributed by atoms with Gasteiger partial charge >= 0.3 is 0 Å². The van der Waals surface area contributed by atoms with Crippen molar-refractivity contribution in [2.75, 3.05) is 49.1 Å². The van der Waals surface area contributed by atoms with Gasteiger partial charge in [-0.3, -0.25) is 9.67 Å². The zero-order chi connectivity index (χ0) is 21.5. The molecule has 0 amide bonds. The van der Waals surface area contributed by atoms with Gasteiger partial charge in [-0.15, -0.1) is 0 Å². The van der Waals surface area contributed by atoms with Crippen LogP contribution in [-0.2, 0) is 7.05 Å². The van der Waals surface area contributed by atoms with Crippen LogP contribution < -0.4 is 15.1 Å². The highest BCUT2D eigenvalue weighted by Crippen LogP contribution is 2.37. The Morgan fingerprint density at radius 2 is 1.84 bits per heavy atom. The summed E-state index contributed by atoms with van der Waals surface area (Å²) in [6.45, 7) is 12.5. The lowest BCUT2D eigenvalue weighted by Crippen LogP contribution is -2.44. The first kappa shape index (κ1) is 20.2. The monoisotopic (exact) mass is 420 g/mol. The second-order valence-electron chi connectivity index (χ2n) is 9.04. The summed E-state index contributed by atoms with van der Waals surface area (Å²) in [5.74, 6) is 1.94. The van der Waals surface area contributed by atoms with Crippen molar-refractivity contribution in [1.82, 2.24) is 30.0 Å². The third-order valence-electron chi connectivity index (χ3n) is 6.82. The maximum atomic E-state index is 4.94. The van der Waals surface area contributed by atoms with E-state index in [1.807, 2.05) is 24.1 Å².